The van der Waals surface area contributed by atoms with Crippen LogP contribution in [0.4, 0.5) is 0 Å². The zero-order chi connectivity index (χ0) is 23.5. The van der Waals surface area contributed by atoms with Crippen LogP contribution in [0.2, 0.25) is 0 Å². The minimum atomic E-state index is -0.535. The fraction of sp³-hybridized carbons (Fsp3) is 0.481. The summed E-state index contributed by atoms with van der Waals surface area (Å²) < 4.78 is 5.79. The molecule has 0 radical (unpaired) electrons. The van der Waals surface area contributed by atoms with Gasteiger partial charge in [0.25, 0.3) is 5.91 Å². The molecule has 0 aliphatic rings. The number of unbranched alkanes of at least 4 members (excludes halogenated alkanes) is 1. The van der Waals surface area contributed by atoms with Crippen LogP contribution in [-0.2, 0) is 16.1 Å². The Morgan fingerprint density at radius 1 is 1.06 bits per heavy atom. The fourth-order valence-corrected chi connectivity index (χ4v) is 3.61. The number of ether oxygens (including phenoxy) is 1. The zero-order valence-electron chi connectivity index (χ0n) is 20.2. The highest BCUT2D eigenvalue weighted by atomic mass is 16.5. The van der Waals surface area contributed by atoms with Crippen LogP contribution in [0, 0.1) is 6.92 Å². The van der Waals surface area contributed by atoms with Crippen molar-refractivity contribution in [3.8, 4) is 5.75 Å². The highest BCUT2D eigenvalue weighted by Crippen LogP contribution is 2.19. The normalized spacial score (nSPS) is 11.8. The van der Waals surface area contributed by atoms with Crippen LogP contribution in [0.15, 0.2) is 48.5 Å². The fourth-order valence-electron chi connectivity index (χ4n) is 3.61. The van der Waals surface area contributed by atoms with E-state index in [0.29, 0.717) is 31.2 Å². The number of nitrogens with one attached hydrogen (secondary N) is 1. The summed E-state index contributed by atoms with van der Waals surface area (Å²) >= 11 is 0. The molecule has 0 aliphatic heterocycles. The largest absolute Gasteiger partial charge is 0.484 e. The van der Waals surface area contributed by atoms with E-state index < -0.39 is 6.04 Å². The number of aryl methyl sites for hydroxylation is 1. The molecule has 0 heterocycles. The number of hydrogen-bond acceptors (Lipinski definition) is 3. The van der Waals surface area contributed by atoms with E-state index in [2.05, 4.69) is 26.1 Å². The van der Waals surface area contributed by atoms with E-state index in [9.17, 15) is 9.59 Å². The maximum Gasteiger partial charge on any atom is 0.261 e. The third-order valence-corrected chi connectivity index (χ3v) is 5.56. The van der Waals surface area contributed by atoms with Crippen LogP contribution in [0.5, 0.6) is 5.75 Å². The maximum absolute atomic E-state index is 13.2. The van der Waals surface area contributed by atoms with Crippen molar-refractivity contribution in [3.05, 3.63) is 65.2 Å². The summed E-state index contributed by atoms with van der Waals surface area (Å²) in [5.74, 6) is 0.783. The van der Waals surface area contributed by atoms with Gasteiger partial charge in [0.1, 0.15) is 11.8 Å². The third-order valence-electron chi connectivity index (χ3n) is 5.56. The molecule has 0 fully saturated rings. The molecule has 2 aromatic carbocycles. The molecule has 0 unspecified atom stereocenters. The summed E-state index contributed by atoms with van der Waals surface area (Å²) in [6, 6.07) is 15.3. The zero-order valence-corrected chi connectivity index (χ0v) is 20.2. The first-order valence-electron chi connectivity index (χ1n) is 11.7. The molecule has 0 spiro atoms. The standard InChI is InChI=1S/C27H38N2O3/c1-6-8-16-28-27(31)25(7-2)29(18-22-11-9-10-21(5)17-22)26(30)19-32-24-14-12-23(13-15-24)20(3)4/h9-15,17,20,25H,6-8,16,18-19H2,1-5H3,(H,28,31)/t25-/m0/s1. The van der Waals surface area contributed by atoms with Crippen molar-refractivity contribution in [2.45, 2.75) is 72.4 Å². The molecule has 2 aromatic rings. The topological polar surface area (TPSA) is 58.6 Å². The average molecular weight is 439 g/mol. The Bertz CT molecular complexity index is 861. The minimum Gasteiger partial charge on any atom is -0.484 e. The molecule has 0 bridgehead atoms. The van der Waals surface area contributed by atoms with Crippen molar-refractivity contribution >= 4 is 11.8 Å². The summed E-state index contributed by atoms with van der Waals surface area (Å²) in [6.07, 6.45) is 2.47. The van der Waals surface area contributed by atoms with Gasteiger partial charge in [-0.25, -0.2) is 0 Å². The molecule has 174 valence electrons. The lowest BCUT2D eigenvalue weighted by Crippen LogP contribution is -2.50. The number of carbonyl (C=O) groups is 2. The first-order valence-corrected chi connectivity index (χ1v) is 11.7. The van der Waals surface area contributed by atoms with Crippen molar-refractivity contribution in [1.29, 1.82) is 0 Å². The first kappa shape index (κ1) is 25.4. The van der Waals surface area contributed by atoms with Gasteiger partial charge >= 0.3 is 0 Å². The second kappa shape index (κ2) is 12.9. The Labute approximate surface area is 193 Å². The molecule has 2 amide bonds. The summed E-state index contributed by atoms with van der Waals surface area (Å²) in [4.78, 5) is 27.8. The monoisotopic (exact) mass is 438 g/mol. The number of carbonyl (C=O) groups excluding carboxylic acids is 2. The van der Waals surface area contributed by atoms with E-state index >= 15 is 0 Å². The number of rotatable bonds is 12. The highest BCUT2D eigenvalue weighted by Gasteiger charge is 2.28. The van der Waals surface area contributed by atoms with Gasteiger partial charge in [-0.1, -0.05) is 76.1 Å². The first-order chi connectivity index (χ1) is 15.3. The molecule has 0 saturated heterocycles. The number of benzene rings is 2. The van der Waals surface area contributed by atoms with Crippen molar-refractivity contribution in [3.63, 3.8) is 0 Å². The summed E-state index contributed by atoms with van der Waals surface area (Å²) in [6.45, 7) is 11.2. The van der Waals surface area contributed by atoms with Crippen LogP contribution < -0.4 is 10.1 Å². The lowest BCUT2D eigenvalue weighted by molar-refractivity contribution is -0.143. The van der Waals surface area contributed by atoms with Gasteiger partial charge < -0.3 is 15.0 Å². The summed E-state index contributed by atoms with van der Waals surface area (Å²) in [5.41, 5.74) is 3.34. The van der Waals surface area contributed by atoms with Crippen molar-refractivity contribution in [1.82, 2.24) is 10.2 Å². The SMILES string of the molecule is CCCCNC(=O)[C@H](CC)N(Cc1cccc(C)c1)C(=O)COc1ccc(C(C)C)cc1. The van der Waals surface area contributed by atoms with E-state index in [1.54, 1.807) is 4.90 Å². The summed E-state index contributed by atoms with van der Waals surface area (Å²) in [5, 5.41) is 2.98. The van der Waals surface area contributed by atoms with Crippen LogP contribution in [-0.4, -0.2) is 35.9 Å². The number of nitrogens with zero attached hydrogens (tertiary/aromatic N) is 1. The molecule has 0 aromatic heterocycles. The maximum atomic E-state index is 13.2. The van der Waals surface area contributed by atoms with Gasteiger partial charge in [-0.15, -0.1) is 0 Å². The molecule has 0 saturated carbocycles. The van der Waals surface area contributed by atoms with E-state index in [-0.39, 0.29) is 18.4 Å². The lowest BCUT2D eigenvalue weighted by Gasteiger charge is -2.30. The van der Waals surface area contributed by atoms with Crippen LogP contribution >= 0.6 is 0 Å². The van der Waals surface area contributed by atoms with Gasteiger partial charge in [0.15, 0.2) is 6.61 Å². The van der Waals surface area contributed by atoms with Gasteiger partial charge in [-0.2, -0.15) is 0 Å². The Morgan fingerprint density at radius 2 is 1.78 bits per heavy atom. The molecule has 32 heavy (non-hydrogen) atoms. The van der Waals surface area contributed by atoms with Crippen molar-refractivity contribution in [2.75, 3.05) is 13.2 Å². The van der Waals surface area contributed by atoms with Crippen molar-refractivity contribution < 1.29 is 14.3 Å². The van der Waals surface area contributed by atoms with E-state index in [1.807, 2.05) is 62.4 Å². The van der Waals surface area contributed by atoms with Gasteiger partial charge in [0, 0.05) is 13.1 Å². The second-order valence-corrected chi connectivity index (χ2v) is 8.59. The quantitative estimate of drug-likeness (QED) is 0.462. The van der Waals surface area contributed by atoms with Gasteiger partial charge in [-0.3, -0.25) is 9.59 Å². The minimum absolute atomic E-state index is 0.106. The molecular formula is C27H38N2O3. The van der Waals surface area contributed by atoms with Crippen LogP contribution in [0.3, 0.4) is 0 Å². The Hall–Kier alpha value is -2.82. The van der Waals surface area contributed by atoms with Crippen LogP contribution in [0.25, 0.3) is 0 Å². The second-order valence-electron chi connectivity index (χ2n) is 8.59. The van der Waals surface area contributed by atoms with Crippen LogP contribution in [0.1, 0.15) is 69.6 Å². The predicted octanol–water partition coefficient (Wildman–Crippen LogP) is 5.22. The molecule has 5 nitrogen and oxygen atoms in total. The molecule has 1 N–H and O–H groups in total. The van der Waals surface area contributed by atoms with Crippen molar-refractivity contribution in [2.24, 2.45) is 0 Å². The Morgan fingerprint density at radius 3 is 2.38 bits per heavy atom. The molecule has 2 rings (SSSR count). The highest BCUT2D eigenvalue weighted by molar-refractivity contribution is 5.88. The van der Waals surface area contributed by atoms with E-state index in [0.717, 1.165) is 24.0 Å². The van der Waals surface area contributed by atoms with E-state index in [1.165, 1.54) is 5.56 Å². The third kappa shape index (κ3) is 7.70. The molecule has 0 aliphatic carbocycles. The molecule has 1 atom stereocenters. The van der Waals surface area contributed by atoms with Gasteiger partial charge in [0.2, 0.25) is 5.91 Å². The molecule has 5 heteroatoms. The molecular weight excluding hydrogens is 400 g/mol. The van der Waals surface area contributed by atoms with Gasteiger partial charge in [0.05, 0.1) is 0 Å². The average Bonchev–Trinajstić information content (AvgIpc) is 2.77. The number of hydrogen-bond donors (Lipinski definition) is 1. The predicted molar refractivity (Wildman–Crippen MR) is 130 cm³/mol. The van der Waals surface area contributed by atoms with E-state index in [4.69, 9.17) is 4.74 Å². The Balaban J connectivity index is 2.15. The Kier molecular flexibility index (Phi) is 10.3. The van der Waals surface area contributed by atoms with Gasteiger partial charge in [-0.05, 0) is 48.9 Å². The summed E-state index contributed by atoms with van der Waals surface area (Å²) in [7, 11) is 0. The number of amides is 2. The smallest absolute Gasteiger partial charge is 0.261 e. The lowest BCUT2D eigenvalue weighted by atomic mass is 10.0.